The van der Waals surface area contributed by atoms with Crippen molar-refractivity contribution >= 4 is 11.9 Å². The minimum absolute atomic E-state index is 0.661. The van der Waals surface area contributed by atoms with Crippen LogP contribution in [0.4, 0.5) is 0 Å². The summed E-state index contributed by atoms with van der Waals surface area (Å²) in [5, 5.41) is 0. The van der Waals surface area contributed by atoms with Crippen LogP contribution >= 0.6 is 0 Å². The summed E-state index contributed by atoms with van der Waals surface area (Å²) < 4.78 is 0. The topological polar surface area (TPSA) is 24.7 Å². The van der Waals surface area contributed by atoms with Crippen molar-refractivity contribution < 1.29 is 0 Å². The Bertz CT molecular complexity index is 134. The van der Waals surface area contributed by atoms with Gasteiger partial charge in [-0.15, -0.1) is 0 Å². The SMILES string of the molecule is C=C/C(C)=N/C/C=N/C. The predicted octanol–water partition coefficient (Wildman–Crippen LogP) is 1.33. The molecule has 2 nitrogen and oxygen atoms in total. The average molecular weight is 124 g/mol. The fourth-order valence-corrected chi connectivity index (χ4v) is 0.331. The monoisotopic (exact) mass is 124 g/mol. The number of allylic oxidation sites excluding steroid dienone is 1. The summed E-state index contributed by atoms with van der Waals surface area (Å²) in [6, 6.07) is 0. The Morgan fingerprint density at radius 1 is 1.67 bits per heavy atom. The lowest BCUT2D eigenvalue weighted by Crippen LogP contribution is -1.88. The van der Waals surface area contributed by atoms with Gasteiger partial charge in [-0.1, -0.05) is 6.58 Å². The van der Waals surface area contributed by atoms with Gasteiger partial charge in [-0.3, -0.25) is 9.98 Å². The van der Waals surface area contributed by atoms with E-state index < -0.39 is 0 Å². The number of hydrogen-bond donors (Lipinski definition) is 0. The molecule has 0 atom stereocenters. The first-order chi connectivity index (χ1) is 4.31. The maximum Gasteiger partial charge on any atom is 0.0740 e. The molecule has 0 aliphatic carbocycles. The average Bonchev–Trinajstić information content (AvgIpc) is 1.89. The summed E-state index contributed by atoms with van der Waals surface area (Å²) in [5.74, 6) is 0. The Balaban J connectivity index is 3.56. The minimum Gasteiger partial charge on any atom is -0.299 e. The molecule has 0 aromatic rings. The Kier molecular flexibility index (Phi) is 4.69. The molecule has 0 radical (unpaired) electrons. The first-order valence-corrected chi connectivity index (χ1v) is 2.85. The van der Waals surface area contributed by atoms with Crippen molar-refractivity contribution in [2.75, 3.05) is 13.6 Å². The maximum absolute atomic E-state index is 4.08. The van der Waals surface area contributed by atoms with Crippen LogP contribution in [0, 0.1) is 0 Å². The van der Waals surface area contributed by atoms with Gasteiger partial charge in [-0.2, -0.15) is 0 Å². The molecule has 0 rings (SSSR count). The molecule has 0 aliphatic heterocycles. The Hall–Kier alpha value is -0.920. The van der Waals surface area contributed by atoms with Crippen LogP contribution in [0.5, 0.6) is 0 Å². The van der Waals surface area contributed by atoms with Crippen LogP contribution in [-0.4, -0.2) is 25.5 Å². The van der Waals surface area contributed by atoms with Crippen molar-refractivity contribution in [3.05, 3.63) is 12.7 Å². The summed E-state index contributed by atoms with van der Waals surface area (Å²) in [5.41, 5.74) is 0.954. The van der Waals surface area contributed by atoms with Gasteiger partial charge in [0, 0.05) is 19.0 Å². The minimum atomic E-state index is 0.661. The normalized spacial score (nSPS) is 12.4. The Labute approximate surface area is 56.0 Å². The molecule has 2 heteroatoms. The third-order valence-electron chi connectivity index (χ3n) is 0.900. The molecule has 0 heterocycles. The number of hydrogen-bond acceptors (Lipinski definition) is 2. The molecule has 0 saturated heterocycles. The lowest BCUT2D eigenvalue weighted by atomic mass is 10.4. The molecule has 50 valence electrons. The quantitative estimate of drug-likeness (QED) is 0.507. The Morgan fingerprint density at radius 2 is 2.33 bits per heavy atom. The van der Waals surface area contributed by atoms with E-state index in [-0.39, 0.29) is 0 Å². The van der Waals surface area contributed by atoms with Gasteiger partial charge in [-0.05, 0) is 13.0 Å². The zero-order chi connectivity index (χ0) is 7.11. The van der Waals surface area contributed by atoms with Crippen molar-refractivity contribution in [1.82, 2.24) is 0 Å². The highest BCUT2D eigenvalue weighted by atomic mass is 14.8. The molecule has 0 amide bonds. The van der Waals surface area contributed by atoms with E-state index in [2.05, 4.69) is 16.6 Å². The van der Waals surface area contributed by atoms with Crippen LogP contribution < -0.4 is 0 Å². The summed E-state index contributed by atoms with van der Waals surface area (Å²) in [7, 11) is 1.73. The molecule has 0 unspecified atom stereocenters. The zero-order valence-corrected chi connectivity index (χ0v) is 5.96. The molecule has 0 bridgehead atoms. The molecule has 0 N–H and O–H groups in total. The van der Waals surface area contributed by atoms with E-state index in [0.717, 1.165) is 5.71 Å². The first-order valence-electron chi connectivity index (χ1n) is 2.85. The van der Waals surface area contributed by atoms with Crippen molar-refractivity contribution in [3.8, 4) is 0 Å². The molecular weight excluding hydrogens is 112 g/mol. The summed E-state index contributed by atoms with van der Waals surface area (Å²) in [6.07, 6.45) is 3.48. The summed E-state index contributed by atoms with van der Waals surface area (Å²) in [6.45, 7) is 6.14. The van der Waals surface area contributed by atoms with Crippen molar-refractivity contribution in [2.45, 2.75) is 6.92 Å². The lowest BCUT2D eigenvalue weighted by molar-refractivity contribution is 1.29. The zero-order valence-electron chi connectivity index (χ0n) is 5.96. The van der Waals surface area contributed by atoms with E-state index in [9.17, 15) is 0 Å². The van der Waals surface area contributed by atoms with Crippen LogP contribution in [0.15, 0.2) is 22.6 Å². The van der Waals surface area contributed by atoms with Crippen molar-refractivity contribution in [1.29, 1.82) is 0 Å². The summed E-state index contributed by atoms with van der Waals surface area (Å²) in [4.78, 5) is 7.86. The largest absolute Gasteiger partial charge is 0.299 e. The predicted molar refractivity (Wildman–Crippen MR) is 42.6 cm³/mol. The van der Waals surface area contributed by atoms with Crippen LogP contribution in [0.1, 0.15) is 6.92 Å². The maximum atomic E-state index is 4.08. The second kappa shape index (κ2) is 5.22. The molecule has 0 aliphatic rings. The van der Waals surface area contributed by atoms with Gasteiger partial charge in [0.05, 0.1) is 6.54 Å². The van der Waals surface area contributed by atoms with Gasteiger partial charge in [0.15, 0.2) is 0 Å². The van der Waals surface area contributed by atoms with Gasteiger partial charge in [-0.25, -0.2) is 0 Å². The van der Waals surface area contributed by atoms with E-state index in [4.69, 9.17) is 0 Å². The second-order valence-corrected chi connectivity index (χ2v) is 1.63. The summed E-state index contributed by atoms with van der Waals surface area (Å²) >= 11 is 0. The van der Waals surface area contributed by atoms with Crippen LogP contribution in [0.3, 0.4) is 0 Å². The van der Waals surface area contributed by atoms with Gasteiger partial charge >= 0.3 is 0 Å². The van der Waals surface area contributed by atoms with Gasteiger partial charge in [0.1, 0.15) is 0 Å². The van der Waals surface area contributed by atoms with E-state index in [1.807, 2.05) is 6.92 Å². The van der Waals surface area contributed by atoms with Crippen LogP contribution in [0.25, 0.3) is 0 Å². The van der Waals surface area contributed by atoms with E-state index in [0.29, 0.717) is 6.54 Å². The van der Waals surface area contributed by atoms with E-state index in [1.165, 1.54) is 0 Å². The van der Waals surface area contributed by atoms with Gasteiger partial charge in [0.25, 0.3) is 0 Å². The molecule has 0 aromatic carbocycles. The lowest BCUT2D eigenvalue weighted by Gasteiger charge is -1.85. The number of aliphatic imine (C=N–C) groups is 2. The fraction of sp³-hybridized carbons (Fsp3) is 0.429. The van der Waals surface area contributed by atoms with E-state index >= 15 is 0 Å². The Morgan fingerprint density at radius 3 is 2.78 bits per heavy atom. The highest BCUT2D eigenvalue weighted by Crippen LogP contribution is 1.75. The van der Waals surface area contributed by atoms with Gasteiger partial charge in [0.2, 0.25) is 0 Å². The molecular formula is C7H12N2. The van der Waals surface area contributed by atoms with Crippen molar-refractivity contribution in [2.24, 2.45) is 9.98 Å². The smallest absolute Gasteiger partial charge is 0.0740 e. The second-order valence-electron chi connectivity index (χ2n) is 1.63. The highest BCUT2D eigenvalue weighted by molar-refractivity contribution is 5.92. The van der Waals surface area contributed by atoms with E-state index in [1.54, 1.807) is 19.3 Å². The van der Waals surface area contributed by atoms with Crippen molar-refractivity contribution in [3.63, 3.8) is 0 Å². The van der Waals surface area contributed by atoms with Crippen LogP contribution in [0.2, 0.25) is 0 Å². The van der Waals surface area contributed by atoms with Gasteiger partial charge < -0.3 is 0 Å². The molecule has 0 fully saturated rings. The molecule has 0 saturated carbocycles. The molecule has 9 heavy (non-hydrogen) atoms. The van der Waals surface area contributed by atoms with Crippen LogP contribution in [-0.2, 0) is 0 Å². The fourth-order valence-electron chi connectivity index (χ4n) is 0.331. The third kappa shape index (κ3) is 4.94. The molecule has 0 spiro atoms. The highest BCUT2D eigenvalue weighted by Gasteiger charge is 1.76. The first kappa shape index (κ1) is 8.08. The standard InChI is InChI=1S/C7H12N2/c1-4-7(2)9-6-5-8-3/h4-5H,1,6H2,2-3H3/b8-5+,9-7+. The number of rotatable bonds is 3. The number of nitrogens with zero attached hydrogens (tertiary/aromatic N) is 2. The molecule has 0 aromatic heterocycles. The third-order valence-corrected chi connectivity index (χ3v) is 0.900.